The summed E-state index contributed by atoms with van der Waals surface area (Å²) < 4.78 is 5.64. The molecule has 3 aromatic rings. The van der Waals surface area contributed by atoms with Crippen molar-refractivity contribution in [3.05, 3.63) is 89.5 Å². The minimum Gasteiger partial charge on any atom is -0.478 e. The minimum absolute atomic E-state index is 0.120. The van der Waals surface area contributed by atoms with E-state index < -0.39 is 17.7 Å². The molecule has 0 aliphatic rings. The number of ether oxygens (including phenoxy) is 1. The van der Waals surface area contributed by atoms with Crippen LogP contribution in [0.3, 0.4) is 0 Å². The maximum absolute atomic E-state index is 12.3. The fourth-order valence-corrected chi connectivity index (χ4v) is 3.94. The molecule has 0 atom stereocenters. The van der Waals surface area contributed by atoms with Crippen LogP contribution in [0.5, 0.6) is 0 Å². The van der Waals surface area contributed by atoms with Crippen molar-refractivity contribution in [2.45, 2.75) is 58.6 Å². The molecule has 6 nitrogen and oxygen atoms in total. The number of carbonyl (C=O) groups excluding carboxylic acids is 1. The summed E-state index contributed by atoms with van der Waals surface area (Å²) in [6, 6.07) is 23.7. The Morgan fingerprint density at radius 2 is 1.53 bits per heavy atom. The van der Waals surface area contributed by atoms with Gasteiger partial charge in [0.1, 0.15) is 5.60 Å². The topological polar surface area (TPSA) is 87.7 Å². The number of amides is 1. The van der Waals surface area contributed by atoms with Crippen molar-refractivity contribution in [3.63, 3.8) is 0 Å². The number of hydrogen-bond donors (Lipinski definition) is 3. The zero-order valence-electron chi connectivity index (χ0n) is 21.5. The molecule has 3 N–H and O–H groups in total. The summed E-state index contributed by atoms with van der Waals surface area (Å²) in [7, 11) is 0. The van der Waals surface area contributed by atoms with Gasteiger partial charge in [-0.1, -0.05) is 60.7 Å². The fraction of sp³-hybridized carbons (Fsp3) is 0.333. The third-order valence-corrected chi connectivity index (χ3v) is 5.89. The number of carboxylic acids is 1. The summed E-state index contributed by atoms with van der Waals surface area (Å²) in [4.78, 5) is 23.8. The smallest absolute Gasteiger partial charge is 0.407 e. The molecule has 0 saturated heterocycles. The number of hydrogen-bond acceptors (Lipinski definition) is 4. The van der Waals surface area contributed by atoms with Gasteiger partial charge in [0.15, 0.2) is 0 Å². The molecule has 0 heterocycles. The van der Waals surface area contributed by atoms with Crippen LogP contribution in [0, 0.1) is 0 Å². The van der Waals surface area contributed by atoms with Crippen LogP contribution in [-0.4, -0.2) is 35.4 Å². The lowest BCUT2D eigenvalue weighted by atomic mass is 9.99. The SMILES string of the molecule is CC(C)Nc1cc(-c2ccc(CCNC(=O)OC(C)(C)CCc3ccccc3)cc2)ccc1C(=O)O. The first kappa shape index (κ1) is 26.8. The highest BCUT2D eigenvalue weighted by molar-refractivity contribution is 5.95. The molecule has 0 bridgehead atoms. The number of alkyl carbamates (subject to hydrolysis) is 1. The monoisotopic (exact) mass is 488 g/mol. The second-order valence-electron chi connectivity index (χ2n) is 9.87. The highest BCUT2D eigenvalue weighted by Crippen LogP contribution is 2.27. The number of carboxylic acid groups (broad SMARTS) is 1. The van der Waals surface area contributed by atoms with Crippen molar-refractivity contribution in [2.75, 3.05) is 11.9 Å². The summed E-state index contributed by atoms with van der Waals surface area (Å²) >= 11 is 0. The molecular weight excluding hydrogens is 452 g/mol. The van der Waals surface area contributed by atoms with Crippen LogP contribution in [0.15, 0.2) is 72.8 Å². The lowest BCUT2D eigenvalue weighted by Gasteiger charge is -2.25. The summed E-state index contributed by atoms with van der Waals surface area (Å²) in [5.74, 6) is -0.953. The maximum Gasteiger partial charge on any atom is 0.407 e. The highest BCUT2D eigenvalue weighted by Gasteiger charge is 2.22. The second-order valence-corrected chi connectivity index (χ2v) is 9.87. The molecule has 0 aliphatic carbocycles. The largest absolute Gasteiger partial charge is 0.478 e. The van der Waals surface area contributed by atoms with Crippen LogP contribution < -0.4 is 10.6 Å². The molecule has 0 aliphatic heterocycles. The Labute approximate surface area is 213 Å². The third kappa shape index (κ3) is 8.15. The average molecular weight is 489 g/mol. The third-order valence-electron chi connectivity index (χ3n) is 5.89. The van der Waals surface area contributed by atoms with E-state index >= 15 is 0 Å². The first-order valence-corrected chi connectivity index (χ1v) is 12.4. The van der Waals surface area contributed by atoms with Gasteiger partial charge < -0.3 is 20.5 Å². The van der Waals surface area contributed by atoms with Crippen LogP contribution in [-0.2, 0) is 17.6 Å². The van der Waals surface area contributed by atoms with Crippen LogP contribution in [0.4, 0.5) is 10.5 Å². The van der Waals surface area contributed by atoms with E-state index in [2.05, 4.69) is 22.8 Å². The van der Waals surface area contributed by atoms with Gasteiger partial charge in [-0.15, -0.1) is 0 Å². The first-order valence-electron chi connectivity index (χ1n) is 12.4. The Balaban J connectivity index is 1.51. The quantitative estimate of drug-likeness (QED) is 0.285. The molecule has 0 aromatic heterocycles. The highest BCUT2D eigenvalue weighted by atomic mass is 16.6. The van der Waals surface area contributed by atoms with Gasteiger partial charge in [0.25, 0.3) is 0 Å². The lowest BCUT2D eigenvalue weighted by molar-refractivity contribution is 0.0331. The zero-order chi connectivity index (χ0) is 26.1. The van der Waals surface area contributed by atoms with E-state index in [-0.39, 0.29) is 11.6 Å². The molecule has 0 spiro atoms. The van der Waals surface area contributed by atoms with Crippen molar-refractivity contribution in [1.82, 2.24) is 5.32 Å². The predicted molar refractivity (Wildman–Crippen MR) is 145 cm³/mol. The second kappa shape index (κ2) is 12.2. The average Bonchev–Trinajstić information content (AvgIpc) is 2.83. The Hall–Kier alpha value is -3.80. The predicted octanol–water partition coefficient (Wildman–Crippen LogP) is 6.55. The molecule has 3 aromatic carbocycles. The number of aryl methyl sites for hydroxylation is 1. The molecule has 0 radical (unpaired) electrons. The van der Waals surface area contributed by atoms with Gasteiger partial charge in [-0.05, 0) is 81.3 Å². The number of rotatable bonds is 11. The van der Waals surface area contributed by atoms with Gasteiger partial charge in [-0.25, -0.2) is 9.59 Å². The Bertz CT molecular complexity index is 1160. The molecule has 3 rings (SSSR count). The Morgan fingerprint density at radius 3 is 2.17 bits per heavy atom. The molecule has 0 fully saturated rings. The van der Waals surface area contributed by atoms with E-state index in [0.717, 1.165) is 29.5 Å². The molecular formula is C30H36N2O4. The minimum atomic E-state index is -0.953. The lowest BCUT2D eigenvalue weighted by Crippen LogP contribution is -2.35. The van der Waals surface area contributed by atoms with Gasteiger partial charge in [0, 0.05) is 18.3 Å². The standard InChI is InChI=1S/C30H36N2O4/c1-21(2)32-27-20-25(14-15-26(27)28(33)34)24-12-10-23(11-13-24)17-19-31-29(35)36-30(3,4)18-16-22-8-6-5-7-9-22/h5-15,20-21,32H,16-19H2,1-4H3,(H,31,35)(H,33,34). The number of aromatic carboxylic acids is 1. The van der Waals surface area contributed by atoms with Gasteiger partial charge >= 0.3 is 12.1 Å². The summed E-state index contributed by atoms with van der Waals surface area (Å²) in [6.45, 7) is 8.28. The van der Waals surface area contributed by atoms with Crippen LogP contribution in [0.1, 0.15) is 55.6 Å². The normalized spacial score (nSPS) is 11.2. The van der Waals surface area contributed by atoms with Crippen LogP contribution >= 0.6 is 0 Å². The first-order chi connectivity index (χ1) is 17.1. The van der Waals surface area contributed by atoms with E-state index in [1.165, 1.54) is 5.56 Å². The van der Waals surface area contributed by atoms with Crippen LogP contribution in [0.25, 0.3) is 11.1 Å². The Morgan fingerprint density at radius 1 is 0.889 bits per heavy atom. The van der Waals surface area contributed by atoms with Crippen molar-refractivity contribution in [2.24, 2.45) is 0 Å². The summed E-state index contributed by atoms with van der Waals surface area (Å²) in [5.41, 5.74) is 4.55. The van der Waals surface area contributed by atoms with Crippen molar-refractivity contribution < 1.29 is 19.4 Å². The number of carbonyl (C=O) groups is 2. The van der Waals surface area contributed by atoms with Gasteiger partial charge in [-0.3, -0.25) is 0 Å². The van der Waals surface area contributed by atoms with E-state index in [1.807, 2.05) is 82.3 Å². The Kier molecular flexibility index (Phi) is 9.12. The van der Waals surface area contributed by atoms with E-state index in [4.69, 9.17) is 4.74 Å². The number of benzene rings is 3. The summed E-state index contributed by atoms with van der Waals surface area (Å²) in [6.07, 6.45) is 1.86. The molecule has 0 saturated carbocycles. The number of nitrogens with one attached hydrogen (secondary N) is 2. The fourth-order valence-electron chi connectivity index (χ4n) is 3.94. The molecule has 1 amide bonds. The van der Waals surface area contributed by atoms with Crippen molar-refractivity contribution in [3.8, 4) is 11.1 Å². The van der Waals surface area contributed by atoms with Gasteiger partial charge in [-0.2, -0.15) is 0 Å². The van der Waals surface area contributed by atoms with Crippen molar-refractivity contribution in [1.29, 1.82) is 0 Å². The van der Waals surface area contributed by atoms with Gasteiger partial charge in [0.05, 0.1) is 5.56 Å². The van der Waals surface area contributed by atoms with E-state index in [1.54, 1.807) is 6.07 Å². The number of anilines is 1. The summed E-state index contributed by atoms with van der Waals surface area (Å²) in [5, 5.41) is 15.5. The molecule has 36 heavy (non-hydrogen) atoms. The van der Waals surface area contributed by atoms with E-state index in [9.17, 15) is 14.7 Å². The molecule has 190 valence electrons. The molecule has 6 heteroatoms. The molecule has 0 unspecified atom stereocenters. The van der Waals surface area contributed by atoms with Crippen molar-refractivity contribution >= 4 is 17.7 Å². The zero-order valence-corrected chi connectivity index (χ0v) is 21.5. The maximum atomic E-state index is 12.3. The van der Waals surface area contributed by atoms with Crippen LogP contribution in [0.2, 0.25) is 0 Å². The van der Waals surface area contributed by atoms with Gasteiger partial charge in [0.2, 0.25) is 0 Å². The van der Waals surface area contributed by atoms with E-state index in [0.29, 0.717) is 18.7 Å².